The maximum atomic E-state index is 6.37. The second-order valence-electron chi connectivity index (χ2n) is 7.17. The molecule has 2 aromatic rings. The Labute approximate surface area is 162 Å². The van der Waals surface area contributed by atoms with Gasteiger partial charge in [0.25, 0.3) is 0 Å². The third-order valence-electron chi connectivity index (χ3n) is 5.77. The van der Waals surface area contributed by atoms with E-state index in [-0.39, 0.29) is 0 Å². The van der Waals surface area contributed by atoms with Crippen molar-refractivity contribution in [1.29, 1.82) is 0 Å². The highest BCUT2D eigenvalue weighted by atomic mass is 35.5. The van der Waals surface area contributed by atoms with E-state index in [1.807, 2.05) is 12.3 Å². The molecule has 1 spiro atoms. The Hall–Kier alpha value is -1.57. The molecule has 4 rings (SSSR count). The molecule has 4 N–H and O–H groups in total. The van der Waals surface area contributed by atoms with Gasteiger partial charge in [-0.3, -0.25) is 0 Å². The zero-order valence-electron chi connectivity index (χ0n) is 14.6. The molecule has 2 fully saturated rings. The van der Waals surface area contributed by atoms with Crippen LogP contribution in [-0.4, -0.2) is 34.1 Å². The van der Waals surface area contributed by atoms with Crippen LogP contribution in [0.5, 0.6) is 0 Å². The molecule has 0 radical (unpaired) electrons. The van der Waals surface area contributed by atoms with Crippen LogP contribution in [0, 0.1) is 5.41 Å². The van der Waals surface area contributed by atoms with Gasteiger partial charge in [-0.1, -0.05) is 29.8 Å². The van der Waals surface area contributed by atoms with Crippen molar-refractivity contribution in [2.24, 2.45) is 11.1 Å². The van der Waals surface area contributed by atoms with Crippen molar-refractivity contribution in [1.82, 2.24) is 15.0 Å². The Balaban J connectivity index is 1.41. The fraction of sp³-hybridized carbons (Fsp3) is 0.500. The summed E-state index contributed by atoms with van der Waals surface area (Å²) >= 11 is 7.63. The van der Waals surface area contributed by atoms with Crippen LogP contribution in [0.4, 0.5) is 11.6 Å². The van der Waals surface area contributed by atoms with E-state index < -0.39 is 0 Å². The number of nitrogen functional groups attached to an aromatic ring is 1. The van der Waals surface area contributed by atoms with Crippen LogP contribution in [-0.2, 0) is 0 Å². The van der Waals surface area contributed by atoms with Crippen LogP contribution in [0.2, 0.25) is 5.02 Å². The number of aromatic nitrogens is 3. The number of nitrogens with zero attached hydrogens (tertiary/aromatic N) is 4. The van der Waals surface area contributed by atoms with Crippen molar-refractivity contribution in [2.45, 2.75) is 48.1 Å². The minimum absolute atomic E-state index is 0.327. The van der Waals surface area contributed by atoms with Gasteiger partial charge in [-0.25, -0.2) is 15.0 Å². The lowest BCUT2D eigenvalue weighted by molar-refractivity contribution is 0.197. The molecule has 1 saturated carbocycles. The van der Waals surface area contributed by atoms with Gasteiger partial charge in [-0.15, -0.1) is 0 Å². The average molecular weight is 391 g/mol. The Bertz CT molecular complexity index is 776. The second kappa shape index (κ2) is 7.21. The third-order valence-corrected chi connectivity index (χ3v) is 7.26. The summed E-state index contributed by atoms with van der Waals surface area (Å²) in [5, 5.41) is 1.24. The SMILES string of the molecule is Nc1nccc(Sc2cnc(N3CCC4(CCC[C@H]4N)CC3)cn2)c1Cl. The molecule has 2 aliphatic rings. The molecule has 1 saturated heterocycles. The van der Waals surface area contributed by atoms with Gasteiger partial charge in [0.05, 0.1) is 17.4 Å². The zero-order chi connectivity index (χ0) is 18.1. The Morgan fingerprint density at radius 3 is 2.62 bits per heavy atom. The monoisotopic (exact) mass is 390 g/mol. The van der Waals surface area contributed by atoms with Crippen molar-refractivity contribution < 1.29 is 0 Å². The lowest BCUT2D eigenvalue weighted by Gasteiger charge is -2.42. The molecule has 6 nitrogen and oxygen atoms in total. The quantitative estimate of drug-likeness (QED) is 0.829. The summed E-state index contributed by atoms with van der Waals surface area (Å²) in [6.07, 6.45) is 11.3. The summed E-state index contributed by atoms with van der Waals surface area (Å²) in [4.78, 5) is 16.3. The number of hydrogen-bond donors (Lipinski definition) is 2. The lowest BCUT2D eigenvalue weighted by Crippen LogP contribution is -2.47. The van der Waals surface area contributed by atoms with E-state index in [2.05, 4.69) is 19.9 Å². The molecule has 0 unspecified atom stereocenters. The summed E-state index contributed by atoms with van der Waals surface area (Å²) in [5.74, 6) is 1.25. The van der Waals surface area contributed by atoms with E-state index in [0.29, 0.717) is 22.3 Å². The van der Waals surface area contributed by atoms with Crippen molar-refractivity contribution in [3.8, 4) is 0 Å². The maximum Gasteiger partial charge on any atom is 0.147 e. The van der Waals surface area contributed by atoms with Crippen LogP contribution >= 0.6 is 23.4 Å². The predicted octanol–water partition coefficient (Wildman–Crippen LogP) is 3.36. The lowest BCUT2D eigenvalue weighted by atomic mass is 9.74. The van der Waals surface area contributed by atoms with Gasteiger partial charge < -0.3 is 16.4 Å². The van der Waals surface area contributed by atoms with Gasteiger partial charge in [0, 0.05) is 30.2 Å². The molecule has 1 aliphatic heterocycles. The predicted molar refractivity (Wildman–Crippen MR) is 106 cm³/mol. The molecule has 8 heteroatoms. The summed E-state index contributed by atoms with van der Waals surface area (Å²) in [7, 11) is 0. The molecule has 0 amide bonds. The normalized spacial score (nSPS) is 22.1. The van der Waals surface area contributed by atoms with Crippen LogP contribution in [0.15, 0.2) is 34.6 Å². The van der Waals surface area contributed by atoms with Gasteiger partial charge >= 0.3 is 0 Å². The maximum absolute atomic E-state index is 6.37. The number of halogens is 1. The van der Waals surface area contributed by atoms with E-state index in [4.69, 9.17) is 23.1 Å². The van der Waals surface area contributed by atoms with Gasteiger partial charge in [0.1, 0.15) is 16.7 Å². The first-order valence-electron chi connectivity index (χ1n) is 8.98. The van der Waals surface area contributed by atoms with Crippen LogP contribution < -0.4 is 16.4 Å². The van der Waals surface area contributed by atoms with Crippen molar-refractivity contribution in [3.05, 3.63) is 29.7 Å². The molecule has 2 aromatic heterocycles. The molecular formula is C18H23ClN6S. The number of anilines is 2. The van der Waals surface area contributed by atoms with Gasteiger partial charge in [-0.05, 0) is 37.2 Å². The summed E-state index contributed by atoms with van der Waals surface area (Å²) in [6, 6.07) is 2.19. The number of pyridine rings is 1. The van der Waals surface area contributed by atoms with Gasteiger partial charge in [-0.2, -0.15) is 0 Å². The smallest absolute Gasteiger partial charge is 0.147 e. The minimum Gasteiger partial charge on any atom is -0.382 e. The fourth-order valence-corrected chi connectivity index (χ4v) is 5.11. The first-order valence-corrected chi connectivity index (χ1v) is 10.2. The highest BCUT2D eigenvalue weighted by Crippen LogP contribution is 2.45. The Morgan fingerprint density at radius 2 is 1.96 bits per heavy atom. The third kappa shape index (κ3) is 3.35. The number of hydrogen-bond acceptors (Lipinski definition) is 7. The van der Waals surface area contributed by atoms with E-state index in [0.717, 1.165) is 41.7 Å². The van der Waals surface area contributed by atoms with E-state index >= 15 is 0 Å². The van der Waals surface area contributed by atoms with Crippen LogP contribution in [0.25, 0.3) is 0 Å². The van der Waals surface area contributed by atoms with Gasteiger partial charge in [0.2, 0.25) is 0 Å². The number of piperidine rings is 1. The molecule has 1 aliphatic carbocycles. The topological polar surface area (TPSA) is 94.0 Å². The van der Waals surface area contributed by atoms with Crippen LogP contribution in [0.3, 0.4) is 0 Å². The fourth-order valence-electron chi connectivity index (χ4n) is 4.13. The van der Waals surface area contributed by atoms with E-state index in [1.54, 1.807) is 12.4 Å². The van der Waals surface area contributed by atoms with Crippen molar-refractivity contribution >= 4 is 35.0 Å². The second-order valence-corrected chi connectivity index (χ2v) is 8.61. The highest BCUT2D eigenvalue weighted by Gasteiger charge is 2.42. The number of nitrogens with two attached hydrogens (primary N) is 2. The average Bonchev–Trinajstić information content (AvgIpc) is 3.00. The number of rotatable bonds is 3. The summed E-state index contributed by atoms with van der Waals surface area (Å²) in [6.45, 7) is 2.00. The van der Waals surface area contributed by atoms with E-state index in [9.17, 15) is 0 Å². The zero-order valence-corrected chi connectivity index (χ0v) is 16.1. The van der Waals surface area contributed by atoms with E-state index in [1.165, 1.54) is 31.0 Å². The van der Waals surface area contributed by atoms with Gasteiger partial charge in [0.15, 0.2) is 0 Å². The molecule has 0 aromatic carbocycles. The van der Waals surface area contributed by atoms with Crippen molar-refractivity contribution in [3.63, 3.8) is 0 Å². The molecule has 0 bridgehead atoms. The minimum atomic E-state index is 0.327. The Kier molecular flexibility index (Phi) is 4.94. The molecule has 1 atom stereocenters. The standard InChI is InChI=1S/C18H23ClN6S/c19-16-12(3-7-22-17(16)21)26-15-11-23-14(10-24-15)25-8-5-18(6-9-25)4-1-2-13(18)20/h3,7,10-11,13H,1-2,4-6,8-9,20H2,(H2,21,22)/t13-/m1/s1. The Morgan fingerprint density at radius 1 is 1.15 bits per heavy atom. The first kappa shape index (κ1) is 17.8. The highest BCUT2D eigenvalue weighted by molar-refractivity contribution is 7.99. The largest absolute Gasteiger partial charge is 0.382 e. The van der Waals surface area contributed by atoms with Crippen molar-refractivity contribution in [2.75, 3.05) is 23.7 Å². The first-order chi connectivity index (χ1) is 12.6. The summed E-state index contributed by atoms with van der Waals surface area (Å²) in [5.41, 5.74) is 12.5. The molecule has 26 heavy (non-hydrogen) atoms. The summed E-state index contributed by atoms with van der Waals surface area (Å²) < 4.78 is 0. The molecule has 138 valence electrons. The van der Waals surface area contributed by atoms with Crippen LogP contribution in [0.1, 0.15) is 32.1 Å². The molecular weight excluding hydrogens is 368 g/mol. The molecule has 3 heterocycles.